The van der Waals surface area contributed by atoms with Gasteiger partial charge in [0.05, 0.1) is 17.4 Å². The van der Waals surface area contributed by atoms with Crippen molar-refractivity contribution in [3.05, 3.63) is 71.5 Å². The quantitative estimate of drug-likeness (QED) is 0.451. The fraction of sp³-hybridized carbons (Fsp3) is 0.250. The zero-order valence-electron chi connectivity index (χ0n) is 18.8. The third kappa shape index (κ3) is 5.61. The number of carbonyl (C=O) groups excluding carboxylic acids is 2. The van der Waals surface area contributed by atoms with E-state index in [0.717, 1.165) is 12.1 Å². The molecule has 1 aliphatic rings. The van der Waals surface area contributed by atoms with Crippen LogP contribution in [0.15, 0.2) is 54.6 Å². The van der Waals surface area contributed by atoms with Gasteiger partial charge in [0.25, 0.3) is 5.91 Å². The summed E-state index contributed by atoms with van der Waals surface area (Å²) in [6.07, 6.45) is -4.96. The first-order valence-corrected chi connectivity index (χ1v) is 10.9. The minimum atomic E-state index is -4.44. The van der Waals surface area contributed by atoms with Gasteiger partial charge in [0.1, 0.15) is 23.2 Å². The molecule has 0 bridgehead atoms. The number of ether oxygens (including phenoxy) is 1. The number of aliphatic hydroxyl groups is 1. The molecule has 0 aliphatic carbocycles. The summed E-state index contributed by atoms with van der Waals surface area (Å²) in [5, 5.41) is 10.1. The van der Waals surface area contributed by atoms with E-state index in [1.165, 1.54) is 18.2 Å². The van der Waals surface area contributed by atoms with Crippen LogP contribution in [-0.2, 0) is 17.5 Å². The van der Waals surface area contributed by atoms with Gasteiger partial charge in [-0.3, -0.25) is 14.5 Å². The average molecular weight is 501 g/mol. The van der Waals surface area contributed by atoms with Crippen LogP contribution in [0.5, 0.6) is 11.5 Å². The molecular formula is C24H22F3N5O4. The Balaban J connectivity index is 1.55. The molecule has 2 aromatic carbocycles. The van der Waals surface area contributed by atoms with Crippen molar-refractivity contribution in [3.8, 4) is 22.9 Å². The molecule has 5 N–H and O–H groups in total. The highest BCUT2D eigenvalue weighted by Crippen LogP contribution is 2.32. The Morgan fingerprint density at radius 2 is 1.64 bits per heavy atom. The summed E-state index contributed by atoms with van der Waals surface area (Å²) in [6.45, 7) is 0.547. The minimum Gasteiger partial charge on any atom is -0.457 e. The van der Waals surface area contributed by atoms with Crippen LogP contribution >= 0.6 is 0 Å². The standard InChI is InChI=1S/C24H22F3N5O4/c25-24(26,27)14-3-7-17(8-4-14)36-16-5-1-13(2-6-16)23-30-15(11-18(31-23)21(28)34)12-32-10-9-19(33)20(32)22(29)35/h1-8,11,19-20,33H,9-10,12H2,(H2,28,34)(H2,29,35). The number of nitrogens with two attached hydrogens (primary N) is 2. The Morgan fingerprint density at radius 3 is 2.19 bits per heavy atom. The van der Waals surface area contributed by atoms with Gasteiger partial charge in [-0.2, -0.15) is 13.2 Å². The van der Waals surface area contributed by atoms with E-state index in [4.69, 9.17) is 16.2 Å². The van der Waals surface area contributed by atoms with Crippen LogP contribution in [0.3, 0.4) is 0 Å². The molecule has 2 atom stereocenters. The van der Waals surface area contributed by atoms with Gasteiger partial charge in [0.2, 0.25) is 5.91 Å². The molecule has 1 aliphatic heterocycles. The highest BCUT2D eigenvalue weighted by atomic mass is 19.4. The number of halogens is 3. The molecule has 36 heavy (non-hydrogen) atoms. The van der Waals surface area contributed by atoms with E-state index in [9.17, 15) is 27.9 Å². The van der Waals surface area contributed by atoms with Gasteiger partial charge in [-0.25, -0.2) is 9.97 Å². The molecule has 1 saturated heterocycles. The zero-order chi connectivity index (χ0) is 26.0. The zero-order valence-corrected chi connectivity index (χ0v) is 18.8. The Bertz CT molecular complexity index is 1270. The lowest BCUT2D eigenvalue weighted by Gasteiger charge is -2.23. The number of primary amides is 2. The van der Waals surface area contributed by atoms with Crippen LogP contribution in [0, 0.1) is 0 Å². The summed E-state index contributed by atoms with van der Waals surface area (Å²) in [5.74, 6) is -0.650. The van der Waals surface area contributed by atoms with Crippen LogP contribution in [0.4, 0.5) is 13.2 Å². The summed E-state index contributed by atoms with van der Waals surface area (Å²) in [7, 11) is 0. The van der Waals surface area contributed by atoms with E-state index in [1.54, 1.807) is 29.2 Å². The summed E-state index contributed by atoms with van der Waals surface area (Å²) in [5.41, 5.74) is 11.0. The number of benzene rings is 2. The van der Waals surface area contributed by atoms with Crippen molar-refractivity contribution < 1.29 is 32.6 Å². The van der Waals surface area contributed by atoms with Crippen molar-refractivity contribution in [2.75, 3.05) is 6.54 Å². The van der Waals surface area contributed by atoms with E-state index < -0.39 is 35.7 Å². The lowest BCUT2D eigenvalue weighted by Crippen LogP contribution is -2.45. The topological polar surface area (TPSA) is 145 Å². The number of aliphatic hydroxyl groups excluding tert-OH is 1. The lowest BCUT2D eigenvalue weighted by molar-refractivity contribution is -0.137. The van der Waals surface area contributed by atoms with E-state index in [1.807, 2.05) is 0 Å². The molecule has 188 valence electrons. The van der Waals surface area contributed by atoms with Gasteiger partial charge in [-0.1, -0.05) is 0 Å². The molecule has 2 unspecified atom stereocenters. The van der Waals surface area contributed by atoms with E-state index in [-0.39, 0.29) is 23.8 Å². The smallest absolute Gasteiger partial charge is 0.416 e. The van der Waals surface area contributed by atoms with Crippen LogP contribution in [0.2, 0.25) is 0 Å². The number of hydrogen-bond acceptors (Lipinski definition) is 7. The number of hydrogen-bond donors (Lipinski definition) is 3. The third-order valence-electron chi connectivity index (χ3n) is 5.69. The van der Waals surface area contributed by atoms with Crippen LogP contribution in [0.1, 0.15) is 28.2 Å². The second-order valence-electron chi connectivity index (χ2n) is 8.25. The highest BCUT2D eigenvalue weighted by Gasteiger charge is 2.37. The summed E-state index contributed by atoms with van der Waals surface area (Å²) >= 11 is 0. The Labute approximate surface area is 203 Å². The first-order chi connectivity index (χ1) is 17.0. The molecule has 2 heterocycles. The average Bonchev–Trinajstić information content (AvgIpc) is 3.19. The van der Waals surface area contributed by atoms with Crippen LogP contribution < -0.4 is 16.2 Å². The molecule has 0 saturated carbocycles. The number of rotatable bonds is 7. The maximum absolute atomic E-state index is 12.7. The largest absolute Gasteiger partial charge is 0.457 e. The number of likely N-dealkylation sites (tertiary alicyclic amines) is 1. The molecule has 1 fully saturated rings. The third-order valence-corrected chi connectivity index (χ3v) is 5.69. The Hall–Kier alpha value is -4.03. The van der Waals surface area contributed by atoms with Crippen LogP contribution in [-0.4, -0.2) is 50.5 Å². The Kier molecular flexibility index (Phi) is 6.91. The van der Waals surface area contributed by atoms with Gasteiger partial charge in [-0.05, 0) is 61.0 Å². The maximum atomic E-state index is 12.7. The van der Waals surface area contributed by atoms with E-state index >= 15 is 0 Å². The predicted octanol–water partition coefficient (Wildman–Crippen LogP) is 2.47. The van der Waals surface area contributed by atoms with Crippen molar-refractivity contribution in [2.24, 2.45) is 11.5 Å². The summed E-state index contributed by atoms with van der Waals surface area (Å²) < 4.78 is 43.8. The fourth-order valence-corrected chi connectivity index (χ4v) is 3.95. The van der Waals surface area contributed by atoms with Crippen molar-refractivity contribution in [1.82, 2.24) is 14.9 Å². The van der Waals surface area contributed by atoms with Gasteiger partial charge in [-0.15, -0.1) is 0 Å². The lowest BCUT2D eigenvalue weighted by atomic mass is 10.1. The molecule has 9 nitrogen and oxygen atoms in total. The Morgan fingerprint density at radius 1 is 1.03 bits per heavy atom. The first kappa shape index (κ1) is 25.1. The summed E-state index contributed by atoms with van der Waals surface area (Å²) in [4.78, 5) is 34.0. The van der Waals surface area contributed by atoms with Crippen molar-refractivity contribution >= 4 is 11.8 Å². The predicted molar refractivity (Wildman–Crippen MR) is 122 cm³/mol. The van der Waals surface area contributed by atoms with Gasteiger partial charge < -0.3 is 21.3 Å². The minimum absolute atomic E-state index is 0.0320. The molecule has 1 aromatic heterocycles. The molecule has 2 amide bonds. The number of carbonyl (C=O) groups is 2. The molecule has 12 heteroatoms. The molecule has 3 aromatic rings. The summed E-state index contributed by atoms with van der Waals surface area (Å²) in [6, 6.07) is 11.2. The molecule has 0 spiro atoms. The molecular weight excluding hydrogens is 479 g/mol. The van der Waals surface area contributed by atoms with Gasteiger partial charge in [0, 0.05) is 18.7 Å². The van der Waals surface area contributed by atoms with Gasteiger partial charge in [0.15, 0.2) is 5.82 Å². The van der Waals surface area contributed by atoms with E-state index in [0.29, 0.717) is 30.0 Å². The second-order valence-corrected chi connectivity index (χ2v) is 8.25. The van der Waals surface area contributed by atoms with Crippen molar-refractivity contribution in [2.45, 2.75) is 31.3 Å². The van der Waals surface area contributed by atoms with E-state index in [2.05, 4.69) is 9.97 Å². The van der Waals surface area contributed by atoms with Gasteiger partial charge >= 0.3 is 6.18 Å². The second kappa shape index (κ2) is 9.91. The maximum Gasteiger partial charge on any atom is 0.416 e. The highest BCUT2D eigenvalue weighted by molar-refractivity contribution is 5.91. The number of aromatic nitrogens is 2. The van der Waals surface area contributed by atoms with Crippen LogP contribution in [0.25, 0.3) is 11.4 Å². The molecule has 0 radical (unpaired) electrons. The van der Waals surface area contributed by atoms with Crippen molar-refractivity contribution in [3.63, 3.8) is 0 Å². The normalized spacial score (nSPS) is 18.2. The number of amides is 2. The first-order valence-electron chi connectivity index (χ1n) is 10.9. The number of alkyl halides is 3. The fourth-order valence-electron chi connectivity index (χ4n) is 3.95. The number of nitrogens with zero attached hydrogens (tertiary/aromatic N) is 3. The SMILES string of the molecule is NC(=O)c1cc(CN2CCC(O)C2C(N)=O)nc(-c2ccc(Oc3ccc(C(F)(F)F)cc3)cc2)n1. The molecule has 4 rings (SSSR count). The van der Waals surface area contributed by atoms with Crippen molar-refractivity contribution in [1.29, 1.82) is 0 Å². The monoisotopic (exact) mass is 501 g/mol.